The number of carbonyl (C=O) groups is 2. The molecule has 0 radical (unpaired) electrons. The molecule has 0 aromatic heterocycles. The van der Waals surface area contributed by atoms with Crippen LogP contribution in [0, 0.1) is 17.8 Å². The van der Waals surface area contributed by atoms with E-state index in [0.717, 1.165) is 4.47 Å². The summed E-state index contributed by atoms with van der Waals surface area (Å²) in [5, 5.41) is 0. The fourth-order valence-electron chi connectivity index (χ4n) is 3.24. The molecule has 1 aromatic carbocycles. The molecule has 4 rings (SSSR count). The van der Waals surface area contributed by atoms with Gasteiger partial charge in [-0.1, -0.05) is 28.1 Å². The van der Waals surface area contributed by atoms with Crippen LogP contribution in [0.25, 0.3) is 0 Å². The molecule has 4 nitrogen and oxygen atoms in total. The van der Waals surface area contributed by atoms with Gasteiger partial charge in [-0.25, -0.2) is 0 Å². The van der Waals surface area contributed by atoms with Crippen molar-refractivity contribution >= 4 is 27.5 Å². The lowest BCUT2D eigenvalue weighted by Gasteiger charge is -2.14. The molecule has 3 aliphatic rings. The number of hydrogen-bond donors (Lipinski definition) is 0. The highest BCUT2D eigenvalue weighted by atomic mass is 79.9. The standard InChI is InChI=1S/C14H11BrO4/c15-7-3-1-6(2-4-7)12(16)10-9-8-5-18-14(19-8)13(17)11(9)10/h1-4,8-11,14H,5H2/t8-,9-,10+,11-,14+/m1/s1. The smallest absolute Gasteiger partial charge is 0.218 e. The van der Waals surface area contributed by atoms with E-state index in [0.29, 0.717) is 12.2 Å². The van der Waals surface area contributed by atoms with Gasteiger partial charge in [0.1, 0.15) is 0 Å². The summed E-state index contributed by atoms with van der Waals surface area (Å²) in [6, 6.07) is 7.26. The zero-order chi connectivity index (χ0) is 13.1. The van der Waals surface area contributed by atoms with Crippen molar-refractivity contribution < 1.29 is 19.1 Å². The van der Waals surface area contributed by atoms with Crippen LogP contribution in [0.15, 0.2) is 28.7 Å². The van der Waals surface area contributed by atoms with Gasteiger partial charge in [-0.2, -0.15) is 0 Å². The van der Waals surface area contributed by atoms with Gasteiger partial charge in [0.2, 0.25) is 6.29 Å². The Bertz CT molecular complexity index is 567. The van der Waals surface area contributed by atoms with E-state index in [1.54, 1.807) is 12.1 Å². The second-order valence-electron chi connectivity index (χ2n) is 5.24. The first-order valence-corrected chi connectivity index (χ1v) is 7.06. The molecule has 1 saturated carbocycles. The van der Waals surface area contributed by atoms with Crippen LogP contribution in [-0.2, 0) is 14.3 Å². The van der Waals surface area contributed by atoms with Gasteiger partial charge < -0.3 is 9.47 Å². The van der Waals surface area contributed by atoms with Crippen molar-refractivity contribution in [3.63, 3.8) is 0 Å². The molecule has 1 aliphatic carbocycles. The predicted octanol–water partition coefficient (Wildman–Crippen LogP) is 1.82. The molecule has 2 saturated heterocycles. The average Bonchev–Trinajstić information content (AvgIpc) is 3.02. The molecule has 0 amide bonds. The second-order valence-corrected chi connectivity index (χ2v) is 6.16. The highest BCUT2D eigenvalue weighted by Gasteiger charge is 2.68. The summed E-state index contributed by atoms with van der Waals surface area (Å²) in [4.78, 5) is 24.5. The Morgan fingerprint density at radius 1 is 1.26 bits per heavy atom. The summed E-state index contributed by atoms with van der Waals surface area (Å²) in [6.07, 6.45) is -0.814. The minimum atomic E-state index is -0.728. The summed E-state index contributed by atoms with van der Waals surface area (Å²) in [5.41, 5.74) is 0.659. The van der Waals surface area contributed by atoms with Crippen LogP contribution < -0.4 is 0 Å². The van der Waals surface area contributed by atoms with E-state index in [4.69, 9.17) is 9.47 Å². The monoisotopic (exact) mass is 322 g/mol. The topological polar surface area (TPSA) is 52.6 Å². The number of halogens is 1. The lowest BCUT2D eigenvalue weighted by molar-refractivity contribution is -0.153. The number of benzene rings is 1. The summed E-state index contributed by atoms with van der Waals surface area (Å²) in [6.45, 7) is 0.432. The van der Waals surface area contributed by atoms with Gasteiger partial charge in [0.05, 0.1) is 12.7 Å². The number of rotatable bonds is 2. The fourth-order valence-corrected chi connectivity index (χ4v) is 3.50. The van der Waals surface area contributed by atoms with Gasteiger partial charge in [-0.3, -0.25) is 9.59 Å². The Morgan fingerprint density at radius 2 is 2.00 bits per heavy atom. The number of hydrogen-bond acceptors (Lipinski definition) is 4. The highest BCUT2D eigenvalue weighted by molar-refractivity contribution is 9.10. The lowest BCUT2D eigenvalue weighted by atomic mass is 10.0. The lowest BCUT2D eigenvalue weighted by Crippen LogP contribution is -2.30. The summed E-state index contributed by atoms with van der Waals surface area (Å²) in [7, 11) is 0. The predicted molar refractivity (Wildman–Crippen MR) is 68.6 cm³/mol. The molecular weight excluding hydrogens is 312 g/mol. The molecule has 3 fully saturated rings. The van der Waals surface area contributed by atoms with Crippen LogP contribution in [0.2, 0.25) is 0 Å². The molecule has 1 aromatic rings. The van der Waals surface area contributed by atoms with Crippen molar-refractivity contribution in [2.45, 2.75) is 12.4 Å². The van der Waals surface area contributed by atoms with E-state index in [9.17, 15) is 9.59 Å². The Morgan fingerprint density at radius 3 is 2.74 bits per heavy atom. The van der Waals surface area contributed by atoms with E-state index >= 15 is 0 Å². The van der Waals surface area contributed by atoms with Crippen LogP contribution in [0.1, 0.15) is 10.4 Å². The molecule has 19 heavy (non-hydrogen) atoms. The normalized spacial score (nSPS) is 39.0. The fraction of sp³-hybridized carbons (Fsp3) is 0.429. The zero-order valence-corrected chi connectivity index (χ0v) is 11.5. The number of Topliss-reactive ketones (excluding diaryl/α,β-unsaturated/α-hetero) is 2. The quantitative estimate of drug-likeness (QED) is 0.779. The molecule has 0 N–H and O–H groups in total. The maximum Gasteiger partial charge on any atom is 0.218 e. The highest BCUT2D eigenvalue weighted by Crippen LogP contribution is 2.57. The Balaban J connectivity index is 1.60. The van der Waals surface area contributed by atoms with E-state index in [1.807, 2.05) is 12.1 Å². The third kappa shape index (κ3) is 1.65. The van der Waals surface area contributed by atoms with Crippen LogP contribution in [0.4, 0.5) is 0 Å². The van der Waals surface area contributed by atoms with Gasteiger partial charge in [0.15, 0.2) is 11.6 Å². The van der Waals surface area contributed by atoms with Gasteiger partial charge in [0, 0.05) is 27.8 Å². The van der Waals surface area contributed by atoms with Crippen LogP contribution in [0.5, 0.6) is 0 Å². The largest absolute Gasteiger partial charge is 0.343 e. The van der Waals surface area contributed by atoms with Crippen molar-refractivity contribution in [1.29, 1.82) is 0 Å². The van der Waals surface area contributed by atoms with Crippen molar-refractivity contribution in [3.8, 4) is 0 Å². The van der Waals surface area contributed by atoms with E-state index < -0.39 is 6.29 Å². The maximum atomic E-state index is 12.4. The minimum absolute atomic E-state index is 0.0161. The van der Waals surface area contributed by atoms with Crippen molar-refractivity contribution in [2.24, 2.45) is 17.8 Å². The van der Waals surface area contributed by atoms with Crippen LogP contribution in [0.3, 0.4) is 0 Å². The first-order chi connectivity index (χ1) is 9.16. The molecule has 0 unspecified atom stereocenters. The summed E-state index contributed by atoms with van der Waals surface area (Å²) >= 11 is 3.34. The van der Waals surface area contributed by atoms with Crippen molar-refractivity contribution in [1.82, 2.24) is 0 Å². The third-order valence-corrected chi connectivity index (χ3v) is 4.74. The summed E-state index contributed by atoms with van der Waals surface area (Å²) < 4.78 is 11.7. The molecule has 2 heterocycles. The average molecular weight is 323 g/mol. The number of ether oxygens (including phenoxy) is 2. The number of ketones is 2. The second kappa shape index (κ2) is 3.98. The van der Waals surface area contributed by atoms with E-state index in [-0.39, 0.29) is 35.4 Å². The van der Waals surface area contributed by atoms with Gasteiger partial charge in [-0.15, -0.1) is 0 Å². The van der Waals surface area contributed by atoms with Gasteiger partial charge in [-0.05, 0) is 12.1 Å². The Hall–Kier alpha value is -1.04. The van der Waals surface area contributed by atoms with E-state index in [1.165, 1.54) is 0 Å². The van der Waals surface area contributed by atoms with Crippen LogP contribution in [-0.4, -0.2) is 30.6 Å². The molecule has 5 atom stereocenters. The molecule has 5 heteroatoms. The molecule has 2 aliphatic heterocycles. The van der Waals surface area contributed by atoms with Crippen LogP contribution >= 0.6 is 15.9 Å². The minimum Gasteiger partial charge on any atom is -0.343 e. The SMILES string of the molecule is O=C(c1ccc(Br)cc1)[C@@H]1[C@@H]2C(=O)[C@H]3OC[C@@H](O3)[C@H]12. The van der Waals surface area contributed by atoms with Gasteiger partial charge in [0.25, 0.3) is 0 Å². The summed E-state index contributed by atoms with van der Waals surface area (Å²) in [5.74, 6) is -0.404. The van der Waals surface area contributed by atoms with E-state index in [2.05, 4.69) is 15.9 Å². The maximum absolute atomic E-state index is 12.4. The zero-order valence-electron chi connectivity index (χ0n) is 9.91. The molecule has 98 valence electrons. The number of carbonyl (C=O) groups excluding carboxylic acids is 2. The van der Waals surface area contributed by atoms with Crippen molar-refractivity contribution in [3.05, 3.63) is 34.3 Å². The molecular formula is C14H11BrO4. The molecule has 0 spiro atoms. The first kappa shape index (κ1) is 11.8. The first-order valence-electron chi connectivity index (χ1n) is 6.27. The molecule has 2 bridgehead atoms. The van der Waals surface area contributed by atoms with Gasteiger partial charge >= 0.3 is 0 Å². The Labute approximate surface area is 118 Å². The van der Waals surface area contributed by atoms with Crippen molar-refractivity contribution in [2.75, 3.05) is 6.61 Å². The number of fused-ring (bicyclic) bond motifs is 4. The Kier molecular flexibility index (Phi) is 2.46. The third-order valence-electron chi connectivity index (χ3n) is 4.21.